The summed E-state index contributed by atoms with van der Waals surface area (Å²) < 4.78 is 12.7. The number of nitrogens with zero attached hydrogens (tertiary/aromatic N) is 2. The second-order valence-electron chi connectivity index (χ2n) is 3.82. The molecule has 0 bridgehead atoms. The Bertz CT molecular complexity index is 523. The molecule has 2 N–H and O–H groups in total. The molecule has 1 aromatic carbocycles. The quantitative estimate of drug-likeness (QED) is 0.878. The molecule has 5 heteroatoms. The molecule has 1 aromatic heterocycles. The summed E-state index contributed by atoms with van der Waals surface area (Å²) in [5.74, 6) is 2.05. The lowest BCUT2D eigenvalue weighted by molar-refractivity contribution is 0.293. The summed E-state index contributed by atoms with van der Waals surface area (Å²) in [6.45, 7) is 3.24. The first-order valence-electron chi connectivity index (χ1n) is 5.81. The van der Waals surface area contributed by atoms with Crippen molar-refractivity contribution >= 4 is 5.95 Å². The van der Waals surface area contributed by atoms with Gasteiger partial charge in [-0.25, -0.2) is 4.98 Å². The van der Waals surface area contributed by atoms with Crippen molar-refractivity contribution in [1.29, 1.82) is 0 Å². The molecule has 0 aliphatic rings. The minimum Gasteiger partial charge on any atom is -0.497 e. The molecule has 0 saturated heterocycles. The van der Waals surface area contributed by atoms with Gasteiger partial charge in [0.2, 0.25) is 0 Å². The Morgan fingerprint density at radius 1 is 1.33 bits per heavy atom. The smallest absolute Gasteiger partial charge is 0.200 e. The van der Waals surface area contributed by atoms with Gasteiger partial charge in [-0.05, 0) is 19.1 Å². The molecule has 0 saturated carbocycles. The summed E-state index contributed by atoms with van der Waals surface area (Å²) in [5.41, 5.74) is 6.70. The lowest BCUT2D eigenvalue weighted by Crippen LogP contribution is -2.07. The molecule has 2 rings (SSSR count). The predicted octanol–water partition coefficient (Wildman–Crippen LogP) is 2.07. The minimum absolute atomic E-state index is 0.436. The van der Waals surface area contributed by atoms with Crippen LogP contribution in [0.25, 0.3) is 0 Å². The lowest BCUT2D eigenvalue weighted by atomic mass is 10.3. The highest BCUT2D eigenvalue weighted by Gasteiger charge is 2.06. The third-order valence-electron chi connectivity index (χ3n) is 2.71. The van der Waals surface area contributed by atoms with Crippen LogP contribution < -0.4 is 15.2 Å². The van der Waals surface area contributed by atoms with Crippen LogP contribution in [0.5, 0.6) is 11.5 Å². The number of anilines is 1. The number of ether oxygens (including phenoxy) is 2. The van der Waals surface area contributed by atoms with E-state index >= 15 is 0 Å². The van der Waals surface area contributed by atoms with Crippen LogP contribution in [0.1, 0.15) is 12.6 Å². The van der Waals surface area contributed by atoms with E-state index in [0.29, 0.717) is 12.6 Å². The van der Waals surface area contributed by atoms with Crippen LogP contribution in [-0.4, -0.2) is 16.7 Å². The van der Waals surface area contributed by atoms with Crippen LogP contribution in [0.2, 0.25) is 0 Å². The molecule has 0 amide bonds. The lowest BCUT2D eigenvalue weighted by Gasteiger charge is -2.09. The number of imidazole rings is 1. The van der Waals surface area contributed by atoms with Gasteiger partial charge in [0.25, 0.3) is 0 Å². The summed E-state index contributed by atoms with van der Waals surface area (Å²) in [5, 5.41) is 0. The van der Waals surface area contributed by atoms with Gasteiger partial charge in [0.1, 0.15) is 18.1 Å². The van der Waals surface area contributed by atoms with Crippen LogP contribution in [0.3, 0.4) is 0 Å². The number of nitrogen functional groups attached to an aromatic ring is 1. The largest absolute Gasteiger partial charge is 0.497 e. The highest BCUT2D eigenvalue weighted by Crippen LogP contribution is 2.20. The van der Waals surface area contributed by atoms with E-state index in [0.717, 1.165) is 23.7 Å². The van der Waals surface area contributed by atoms with E-state index in [1.54, 1.807) is 13.3 Å². The molecular weight excluding hydrogens is 230 g/mol. The Kier molecular flexibility index (Phi) is 3.72. The number of nitrogens with two attached hydrogens (primary N) is 1. The second kappa shape index (κ2) is 5.44. The third kappa shape index (κ3) is 2.56. The van der Waals surface area contributed by atoms with E-state index in [2.05, 4.69) is 4.98 Å². The van der Waals surface area contributed by atoms with Crippen molar-refractivity contribution in [2.75, 3.05) is 12.8 Å². The molecule has 0 aliphatic heterocycles. The average Bonchev–Trinajstić information content (AvgIpc) is 2.77. The molecule has 5 nitrogen and oxygen atoms in total. The Balaban J connectivity index is 2.06. The molecular formula is C13H17N3O2. The first kappa shape index (κ1) is 12.3. The van der Waals surface area contributed by atoms with Crippen LogP contribution in [0.15, 0.2) is 30.5 Å². The molecule has 0 aliphatic carbocycles. The Labute approximate surface area is 106 Å². The maximum absolute atomic E-state index is 5.74. The van der Waals surface area contributed by atoms with Crippen molar-refractivity contribution in [2.24, 2.45) is 0 Å². The van der Waals surface area contributed by atoms with Crippen molar-refractivity contribution in [3.63, 3.8) is 0 Å². The van der Waals surface area contributed by atoms with Crippen molar-refractivity contribution in [3.8, 4) is 11.5 Å². The molecule has 0 fully saturated rings. The Hall–Kier alpha value is -2.17. The van der Waals surface area contributed by atoms with Crippen molar-refractivity contribution in [2.45, 2.75) is 20.1 Å². The molecule has 0 radical (unpaired) electrons. The highest BCUT2D eigenvalue weighted by atomic mass is 16.5. The normalized spacial score (nSPS) is 10.3. The Morgan fingerprint density at radius 3 is 2.83 bits per heavy atom. The molecule has 1 heterocycles. The third-order valence-corrected chi connectivity index (χ3v) is 2.71. The zero-order valence-corrected chi connectivity index (χ0v) is 10.6. The van der Waals surface area contributed by atoms with E-state index in [-0.39, 0.29) is 0 Å². The number of benzene rings is 1. The monoisotopic (exact) mass is 247 g/mol. The topological polar surface area (TPSA) is 62.3 Å². The van der Waals surface area contributed by atoms with E-state index in [1.807, 2.05) is 35.8 Å². The summed E-state index contributed by atoms with van der Waals surface area (Å²) >= 11 is 0. The fourth-order valence-electron chi connectivity index (χ4n) is 1.76. The van der Waals surface area contributed by atoms with E-state index in [9.17, 15) is 0 Å². The number of methoxy groups -OCH3 is 1. The fraction of sp³-hybridized carbons (Fsp3) is 0.308. The minimum atomic E-state index is 0.436. The number of aromatic nitrogens is 2. The van der Waals surface area contributed by atoms with Crippen molar-refractivity contribution < 1.29 is 9.47 Å². The summed E-state index contributed by atoms with van der Waals surface area (Å²) in [6.07, 6.45) is 1.74. The maximum atomic E-state index is 5.74. The SMILES string of the molecule is CCn1c(COc2cccc(OC)c2)cnc1N. The number of hydrogen-bond acceptors (Lipinski definition) is 4. The van der Waals surface area contributed by atoms with Crippen molar-refractivity contribution in [1.82, 2.24) is 9.55 Å². The van der Waals surface area contributed by atoms with Gasteiger partial charge >= 0.3 is 0 Å². The molecule has 2 aromatic rings. The van der Waals surface area contributed by atoms with Gasteiger partial charge in [-0.3, -0.25) is 0 Å². The summed E-state index contributed by atoms with van der Waals surface area (Å²) in [4.78, 5) is 4.07. The fourth-order valence-corrected chi connectivity index (χ4v) is 1.76. The van der Waals surface area contributed by atoms with Gasteiger partial charge < -0.3 is 19.8 Å². The molecule has 0 unspecified atom stereocenters. The van der Waals surface area contributed by atoms with Gasteiger partial charge in [-0.15, -0.1) is 0 Å². The van der Waals surface area contributed by atoms with Crippen LogP contribution >= 0.6 is 0 Å². The second-order valence-corrected chi connectivity index (χ2v) is 3.82. The zero-order chi connectivity index (χ0) is 13.0. The van der Waals surface area contributed by atoms with Gasteiger partial charge in [0, 0.05) is 12.6 Å². The Morgan fingerprint density at radius 2 is 2.11 bits per heavy atom. The van der Waals surface area contributed by atoms with E-state index in [4.69, 9.17) is 15.2 Å². The van der Waals surface area contributed by atoms with Gasteiger partial charge in [0.15, 0.2) is 5.95 Å². The maximum Gasteiger partial charge on any atom is 0.200 e. The molecule has 0 atom stereocenters. The predicted molar refractivity (Wildman–Crippen MR) is 69.6 cm³/mol. The molecule has 96 valence electrons. The van der Waals surface area contributed by atoms with Crippen molar-refractivity contribution in [3.05, 3.63) is 36.2 Å². The van der Waals surface area contributed by atoms with Crippen LogP contribution in [-0.2, 0) is 13.2 Å². The number of rotatable bonds is 5. The average molecular weight is 247 g/mol. The van der Waals surface area contributed by atoms with E-state index < -0.39 is 0 Å². The molecule has 0 spiro atoms. The van der Waals surface area contributed by atoms with Gasteiger partial charge in [0.05, 0.1) is 19.0 Å². The standard InChI is InChI=1S/C13H17N3O2/c1-3-16-10(8-15-13(16)14)9-18-12-6-4-5-11(7-12)17-2/h4-8H,3,9H2,1-2H3,(H2,14,15). The van der Waals surface area contributed by atoms with Crippen LogP contribution in [0.4, 0.5) is 5.95 Å². The van der Waals surface area contributed by atoms with E-state index in [1.165, 1.54) is 0 Å². The summed E-state index contributed by atoms with van der Waals surface area (Å²) in [6, 6.07) is 7.50. The first-order chi connectivity index (χ1) is 8.74. The van der Waals surface area contributed by atoms with Crippen LogP contribution in [0, 0.1) is 0 Å². The first-order valence-corrected chi connectivity index (χ1v) is 5.81. The highest BCUT2D eigenvalue weighted by molar-refractivity contribution is 5.33. The number of hydrogen-bond donors (Lipinski definition) is 1. The van der Waals surface area contributed by atoms with Gasteiger partial charge in [-0.2, -0.15) is 0 Å². The van der Waals surface area contributed by atoms with Gasteiger partial charge in [-0.1, -0.05) is 6.07 Å². The zero-order valence-electron chi connectivity index (χ0n) is 10.6. The summed E-state index contributed by atoms with van der Waals surface area (Å²) in [7, 11) is 1.63. The molecule has 18 heavy (non-hydrogen) atoms.